The molecule has 2 aromatic carbocycles. The lowest BCUT2D eigenvalue weighted by Gasteiger charge is -2.29. The van der Waals surface area contributed by atoms with E-state index in [9.17, 15) is 9.90 Å². The highest BCUT2D eigenvalue weighted by atomic mass is 32.2. The van der Waals surface area contributed by atoms with Crippen LogP contribution >= 0.6 is 11.8 Å². The summed E-state index contributed by atoms with van der Waals surface area (Å²) in [5.74, 6) is -1.17. The van der Waals surface area contributed by atoms with Crippen molar-refractivity contribution in [2.75, 3.05) is 13.2 Å². The van der Waals surface area contributed by atoms with E-state index < -0.39 is 5.97 Å². The summed E-state index contributed by atoms with van der Waals surface area (Å²) in [5, 5.41) is 9.49. The van der Waals surface area contributed by atoms with Crippen molar-refractivity contribution in [2.45, 2.75) is 28.7 Å². The molecule has 0 radical (unpaired) electrons. The minimum absolute atomic E-state index is 0.0775. The molecule has 28 heavy (non-hydrogen) atoms. The lowest BCUT2D eigenvalue weighted by Crippen LogP contribution is -2.31. The molecule has 0 amide bonds. The molecule has 1 fully saturated rings. The van der Waals surface area contributed by atoms with Gasteiger partial charge in [0.1, 0.15) is 0 Å². The molecule has 0 aliphatic carbocycles. The zero-order valence-electron chi connectivity index (χ0n) is 15.5. The van der Waals surface area contributed by atoms with E-state index in [1.807, 2.05) is 24.3 Å². The average Bonchev–Trinajstić information content (AvgIpc) is 3.23. The van der Waals surface area contributed by atoms with Crippen LogP contribution in [0.15, 0.2) is 82.8 Å². The van der Waals surface area contributed by atoms with Crippen LogP contribution in [0.4, 0.5) is 0 Å². The van der Waals surface area contributed by atoms with E-state index in [1.165, 1.54) is 10.5 Å². The van der Waals surface area contributed by atoms with Gasteiger partial charge in [0.05, 0.1) is 12.5 Å². The maximum Gasteiger partial charge on any atom is 0.307 e. The number of carboxylic acid groups (broad SMARTS) is 1. The monoisotopic (exact) mass is 393 g/mol. The van der Waals surface area contributed by atoms with Crippen LogP contribution < -0.4 is 0 Å². The number of carbonyl (C=O) groups is 1. The molecule has 5 heteroatoms. The maximum absolute atomic E-state index is 11.6. The molecule has 4 rings (SSSR count). The van der Waals surface area contributed by atoms with Gasteiger partial charge in [-0.05, 0) is 47.9 Å². The summed E-state index contributed by atoms with van der Waals surface area (Å²) < 4.78 is 7.70. The fraction of sp³-hybridized carbons (Fsp3) is 0.261. The van der Waals surface area contributed by atoms with E-state index in [2.05, 4.69) is 53.4 Å². The van der Waals surface area contributed by atoms with E-state index in [0.29, 0.717) is 19.6 Å². The standard InChI is InChI=1S/C23H23NO3S/c25-23(26)20-11-14-27-16-21(20)17-7-9-19(10-8-17)28-22-6-2-1-5-18(22)15-24-12-3-4-13-24/h1-10,12-13,20-21H,11,14-16H2,(H,25,26). The normalized spacial score (nSPS) is 19.4. The molecule has 4 nitrogen and oxygen atoms in total. The zero-order valence-corrected chi connectivity index (χ0v) is 16.3. The van der Waals surface area contributed by atoms with Gasteiger partial charge in [-0.15, -0.1) is 0 Å². The van der Waals surface area contributed by atoms with Gasteiger partial charge in [-0.1, -0.05) is 42.1 Å². The first-order valence-corrected chi connectivity index (χ1v) is 10.3. The molecule has 0 saturated carbocycles. The Bertz CT molecular complexity index is 921. The number of hydrogen-bond acceptors (Lipinski definition) is 3. The predicted molar refractivity (Wildman–Crippen MR) is 110 cm³/mol. The van der Waals surface area contributed by atoms with Crippen molar-refractivity contribution in [2.24, 2.45) is 5.92 Å². The molecule has 1 aromatic heterocycles. The zero-order chi connectivity index (χ0) is 19.3. The van der Waals surface area contributed by atoms with Gasteiger partial charge in [0.25, 0.3) is 0 Å². The molecular formula is C23H23NO3S. The number of carboxylic acids is 1. The van der Waals surface area contributed by atoms with E-state index >= 15 is 0 Å². The first-order chi connectivity index (χ1) is 13.7. The molecular weight excluding hydrogens is 370 g/mol. The van der Waals surface area contributed by atoms with Gasteiger partial charge in [0.15, 0.2) is 0 Å². The Labute approximate surface area is 169 Å². The van der Waals surface area contributed by atoms with Crippen molar-refractivity contribution >= 4 is 17.7 Å². The van der Waals surface area contributed by atoms with Crippen LogP contribution in [-0.4, -0.2) is 28.9 Å². The Morgan fingerprint density at radius 3 is 2.57 bits per heavy atom. The van der Waals surface area contributed by atoms with Crippen LogP contribution in [0.2, 0.25) is 0 Å². The highest BCUT2D eigenvalue weighted by molar-refractivity contribution is 7.99. The first-order valence-electron chi connectivity index (χ1n) is 9.48. The minimum atomic E-state index is -0.731. The van der Waals surface area contributed by atoms with Gasteiger partial charge in [-0.2, -0.15) is 0 Å². The fourth-order valence-electron chi connectivity index (χ4n) is 3.68. The summed E-state index contributed by atoms with van der Waals surface area (Å²) in [4.78, 5) is 13.9. The lowest BCUT2D eigenvalue weighted by molar-refractivity contribution is -0.146. The number of nitrogens with zero attached hydrogens (tertiary/aromatic N) is 1. The number of rotatable bonds is 6. The third-order valence-corrected chi connectivity index (χ3v) is 6.33. The Balaban J connectivity index is 1.50. The van der Waals surface area contributed by atoms with Crippen molar-refractivity contribution in [3.05, 3.63) is 84.2 Å². The van der Waals surface area contributed by atoms with Crippen LogP contribution in [0.25, 0.3) is 0 Å². The molecule has 1 saturated heterocycles. The molecule has 2 atom stereocenters. The van der Waals surface area contributed by atoms with Crippen molar-refractivity contribution < 1.29 is 14.6 Å². The third-order valence-electron chi connectivity index (χ3n) is 5.20. The van der Waals surface area contributed by atoms with Crippen molar-refractivity contribution in [1.29, 1.82) is 0 Å². The van der Waals surface area contributed by atoms with Crippen LogP contribution in [0, 0.1) is 5.92 Å². The van der Waals surface area contributed by atoms with Gasteiger partial charge < -0.3 is 14.4 Å². The molecule has 144 valence electrons. The largest absolute Gasteiger partial charge is 0.481 e. The summed E-state index contributed by atoms with van der Waals surface area (Å²) in [6.45, 7) is 1.84. The Hall–Kier alpha value is -2.50. The Morgan fingerprint density at radius 2 is 1.82 bits per heavy atom. The van der Waals surface area contributed by atoms with Crippen molar-refractivity contribution in [3.8, 4) is 0 Å². The molecule has 1 aliphatic heterocycles. The van der Waals surface area contributed by atoms with Gasteiger partial charge in [-0.25, -0.2) is 0 Å². The number of aromatic nitrogens is 1. The van der Waals surface area contributed by atoms with E-state index in [0.717, 1.165) is 17.0 Å². The van der Waals surface area contributed by atoms with Crippen LogP contribution in [0.1, 0.15) is 23.5 Å². The summed E-state index contributed by atoms with van der Waals surface area (Å²) in [6, 6.07) is 20.8. The summed E-state index contributed by atoms with van der Waals surface area (Å²) in [6.07, 6.45) is 4.71. The second kappa shape index (κ2) is 8.67. The predicted octanol–water partition coefficient (Wildman–Crippen LogP) is 4.89. The average molecular weight is 394 g/mol. The molecule has 1 N–H and O–H groups in total. The highest BCUT2D eigenvalue weighted by Crippen LogP contribution is 2.35. The van der Waals surface area contributed by atoms with Crippen molar-refractivity contribution in [1.82, 2.24) is 4.57 Å². The van der Waals surface area contributed by atoms with Crippen LogP contribution in [-0.2, 0) is 16.1 Å². The Morgan fingerprint density at radius 1 is 1.07 bits per heavy atom. The number of hydrogen-bond donors (Lipinski definition) is 1. The maximum atomic E-state index is 11.6. The summed E-state index contributed by atoms with van der Waals surface area (Å²) in [7, 11) is 0. The smallest absolute Gasteiger partial charge is 0.307 e. The molecule has 0 bridgehead atoms. The molecule has 1 aliphatic rings. The minimum Gasteiger partial charge on any atom is -0.481 e. The van der Waals surface area contributed by atoms with E-state index in [4.69, 9.17) is 4.74 Å². The summed E-state index contributed by atoms with van der Waals surface area (Å²) in [5.41, 5.74) is 2.32. The van der Waals surface area contributed by atoms with Crippen LogP contribution in [0.5, 0.6) is 0 Å². The van der Waals surface area contributed by atoms with Gasteiger partial charge in [0.2, 0.25) is 0 Å². The third kappa shape index (κ3) is 4.32. The highest BCUT2D eigenvalue weighted by Gasteiger charge is 2.32. The molecule has 2 heterocycles. The molecule has 2 unspecified atom stereocenters. The summed E-state index contributed by atoms with van der Waals surface area (Å²) >= 11 is 1.74. The number of aliphatic carboxylic acids is 1. The van der Waals surface area contributed by atoms with Gasteiger partial charge in [-0.3, -0.25) is 4.79 Å². The fourth-order valence-corrected chi connectivity index (χ4v) is 4.61. The van der Waals surface area contributed by atoms with Crippen LogP contribution in [0.3, 0.4) is 0 Å². The lowest BCUT2D eigenvalue weighted by atomic mass is 9.83. The number of benzene rings is 2. The second-order valence-electron chi connectivity index (χ2n) is 7.05. The Kier molecular flexibility index (Phi) is 5.84. The first kappa shape index (κ1) is 18.8. The second-order valence-corrected chi connectivity index (χ2v) is 8.16. The van der Waals surface area contributed by atoms with E-state index in [-0.39, 0.29) is 11.8 Å². The number of ether oxygens (including phenoxy) is 1. The quantitative estimate of drug-likeness (QED) is 0.648. The van der Waals surface area contributed by atoms with Crippen molar-refractivity contribution in [3.63, 3.8) is 0 Å². The van der Waals surface area contributed by atoms with Gasteiger partial charge in [0, 0.05) is 41.3 Å². The van der Waals surface area contributed by atoms with E-state index in [1.54, 1.807) is 11.8 Å². The molecule has 0 spiro atoms. The SMILES string of the molecule is O=C(O)C1CCOCC1c1ccc(Sc2ccccc2Cn2cccc2)cc1. The topological polar surface area (TPSA) is 51.5 Å². The molecule has 3 aromatic rings. The van der Waals surface area contributed by atoms with Gasteiger partial charge >= 0.3 is 5.97 Å².